The molecule has 0 radical (unpaired) electrons. The van der Waals surface area contributed by atoms with Gasteiger partial charge in [0.2, 0.25) is 0 Å². The lowest BCUT2D eigenvalue weighted by Gasteiger charge is -2.12. The van der Waals surface area contributed by atoms with Gasteiger partial charge in [-0.05, 0) is 37.5 Å². The summed E-state index contributed by atoms with van der Waals surface area (Å²) >= 11 is 0. The zero-order chi connectivity index (χ0) is 15.8. The maximum atomic E-state index is 4.31. The molecular weight excluding hydrogens is 399 g/mol. The molecule has 1 heterocycles. The number of hydrogen-bond acceptors (Lipinski definition) is 2. The number of pyridine rings is 1. The summed E-state index contributed by atoms with van der Waals surface area (Å²) in [5.74, 6) is 0.820. The fraction of sp³-hybridized carbons (Fsp3) is 0.333. The van der Waals surface area contributed by atoms with Crippen LogP contribution in [0, 0.1) is 13.8 Å². The zero-order valence-corrected chi connectivity index (χ0v) is 16.3. The van der Waals surface area contributed by atoms with Gasteiger partial charge in [-0.2, -0.15) is 0 Å². The van der Waals surface area contributed by atoms with Crippen molar-refractivity contribution in [2.45, 2.75) is 26.8 Å². The molecule has 5 heteroatoms. The van der Waals surface area contributed by atoms with E-state index in [1.54, 1.807) is 7.05 Å². The third kappa shape index (κ3) is 6.99. The molecule has 0 saturated heterocycles. The van der Waals surface area contributed by atoms with Crippen LogP contribution in [0.15, 0.2) is 47.6 Å². The number of rotatable bonds is 5. The van der Waals surface area contributed by atoms with Gasteiger partial charge < -0.3 is 10.6 Å². The number of aliphatic imine (C=N–C) groups is 1. The average Bonchev–Trinajstić information content (AvgIpc) is 2.54. The SMILES string of the molecule is CN=C(NCCc1ccc(C)nc1)NCc1ccc(C)cc1.I. The third-order valence-corrected chi connectivity index (χ3v) is 3.48. The molecule has 2 aromatic rings. The Hall–Kier alpha value is -1.63. The number of nitrogens with one attached hydrogen (secondary N) is 2. The first-order valence-corrected chi connectivity index (χ1v) is 7.59. The quantitative estimate of drug-likeness (QED) is 0.440. The summed E-state index contributed by atoms with van der Waals surface area (Å²) < 4.78 is 0. The Morgan fingerprint density at radius 2 is 1.70 bits per heavy atom. The molecule has 0 aliphatic heterocycles. The van der Waals surface area contributed by atoms with Crippen LogP contribution in [0.3, 0.4) is 0 Å². The highest BCUT2D eigenvalue weighted by molar-refractivity contribution is 14.0. The fourth-order valence-corrected chi connectivity index (χ4v) is 2.08. The Morgan fingerprint density at radius 1 is 1.00 bits per heavy atom. The van der Waals surface area contributed by atoms with E-state index in [0.29, 0.717) is 0 Å². The molecule has 1 aromatic carbocycles. The third-order valence-electron chi connectivity index (χ3n) is 3.48. The predicted molar refractivity (Wildman–Crippen MR) is 107 cm³/mol. The van der Waals surface area contributed by atoms with Crippen molar-refractivity contribution in [3.63, 3.8) is 0 Å². The minimum Gasteiger partial charge on any atom is -0.356 e. The van der Waals surface area contributed by atoms with E-state index in [-0.39, 0.29) is 24.0 Å². The number of nitrogens with zero attached hydrogens (tertiary/aromatic N) is 2. The lowest BCUT2D eigenvalue weighted by atomic mass is 10.1. The molecule has 0 atom stereocenters. The molecule has 0 unspecified atom stereocenters. The van der Waals surface area contributed by atoms with E-state index >= 15 is 0 Å². The lowest BCUT2D eigenvalue weighted by Crippen LogP contribution is -2.37. The van der Waals surface area contributed by atoms with Crippen LogP contribution in [-0.2, 0) is 13.0 Å². The molecule has 124 valence electrons. The Kier molecular flexibility index (Phi) is 8.61. The average molecular weight is 424 g/mol. The van der Waals surface area contributed by atoms with Gasteiger partial charge in [0.05, 0.1) is 0 Å². The molecule has 0 bridgehead atoms. The molecule has 23 heavy (non-hydrogen) atoms. The second-order valence-corrected chi connectivity index (χ2v) is 5.40. The van der Waals surface area contributed by atoms with E-state index in [0.717, 1.165) is 31.2 Å². The van der Waals surface area contributed by atoms with Crippen molar-refractivity contribution in [2.24, 2.45) is 4.99 Å². The number of aromatic nitrogens is 1. The van der Waals surface area contributed by atoms with Gasteiger partial charge in [0.1, 0.15) is 0 Å². The van der Waals surface area contributed by atoms with Crippen molar-refractivity contribution in [1.29, 1.82) is 0 Å². The van der Waals surface area contributed by atoms with Crippen LogP contribution in [0.2, 0.25) is 0 Å². The second-order valence-electron chi connectivity index (χ2n) is 5.40. The smallest absolute Gasteiger partial charge is 0.191 e. The number of halogens is 1. The highest BCUT2D eigenvalue weighted by atomic mass is 127. The number of aryl methyl sites for hydroxylation is 2. The number of benzene rings is 1. The van der Waals surface area contributed by atoms with Gasteiger partial charge in [0.15, 0.2) is 5.96 Å². The first kappa shape index (κ1) is 19.4. The minimum atomic E-state index is 0. The minimum absolute atomic E-state index is 0. The number of hydrogen-bond donors (Lipinski definition) is 2. The zero-order valence-electron chi connectivity index (χ0n) is 14.0. The van der Waals surface area contributed by atoms with E-state index < -0.39 is 0 Å². The second kappa shape index (κ2) is 10.2. The normalized spacial score (nSPS) is 10.8. The summed E-state index contributed by atoms with van der Waals surface area (Å²) in [6, 6.07) is 12.7. The summed E-state index contributed by atoms with van der Waals surface area (Å²) in [6.07, 6.45) is 2.86. The van der Waals surface area contributed by atoms with Gasteiger partial charge in [-0.15, -0.1) is 24.0 Å². The van der Waals surface area contributed by atoms with Gasteiger partial charge in [0.25, 0.3) is 0 Å². The summed E-state index contributed by atoms with van der Waals surface area (Å²) in [4.78, 5) is 8.55. The molecule has 1 aromatic heterocycles. The molecule has 0 saturated carbocycles. The maximum absolute atomic E-state index is 4.31. The molecule has 0 fully saturated rings. The largest absolute Gasteiger partial charge is 0.356 e. The van der Waals surface area contributed by atoms with Crippen LogP contribution in [0.4, 0.5) is 0 Å². The Balaban J connectivity index is 0.00000264. The summed E-state index contributed by atoms with van der Waals surface area (Å²) in [5.41, 5.74) is 4.80. The Morgan fingerprint density at radius 3 is 2.30 bits per heavy atom. The van der Waals surface area contributed by atoms with E-state index in [2.05, 4.69) is 57.9 Å². The van der Waals surface area contributed by atoms with Crippen LogP contribution < -0.4 is 10.6 Å². The molecule has 2 rings (SSSR count). The highest BCUT2D eigenvalue weighted by Crippen LogP contribution is 2.02. The van der Waals surface area contributed by atoms with E-state index in [4.69, 9.17) is 0 Å². The monoisotopic (exact) mass is 424 g/mol. The molecule has 0 aliphatic carbocycles. The Bertz CT molecular complexity index is 606. The van der Waals surface area contributed by atoms with Crippen molar-refractivity contribution in [3.05, 3.63) is 65.0 Å². The van der Waals surface area contributed by atoms with E-state index in [9.17, 15) is 0 Å². The van der Waals surface area contributed by atoms with Crippen molar-refractivity contribution in [3.8, 4) is 0 Å². The van der Waals surface area contributed by atoms with Crippen LogP contribution in [0.25, 0.3) is 0 Å². The van der Waals surface area contributed by atoms with Crippen LogP contribution in [0.1, 0.15) is 22.4 Å². The van der Waals surface area contributed by atoms with E-state index in [1.165, 1.54) is 16.7 Å². The first-order chi connectivity index (χ1) is 10.7. The lowest BCUT2D eigenvalue weighted by molar-refractivity contribution is 0.792. The highest BCUT2D eigenvalue weighted by Gasteiger charge is 1.99. The predicted octanol–water partition coefficient (Wildman–Crippen LogP) is 3.22. The molecule has 4 nitrogen and oxygen atoms in total. The molecule has 0 aliphatic rings. The van der Waals surface area contributed by atoms with Crippen LogP contribution >= 0.6 is 24.0 Å². The first-order valence-electron chi connectivity index (χ1n) is 7.59. The van der Waals surface area contributed by atoms with Crippen LogP contribution in [-0.4, -0.2) is 24.5 Å². The Labute approximate surface area is 155 Å². The van der Waals surface area contributed by atoms with Crippen molar-refractivity contribution >= 4 is 29.9 Å². The van der Waals surface area contributed by atoms with Crippen molar-refractivity contribution < 1.29 is 0 Å². The topological polar surface area (TPSA) is 49.3 Å². The van der Waals surface area contributed by atoms with Gasteiger partial charge in [-0.25, -0.2) is 0 Å². The summed E-state index contributed by atoms with van der Waals surface area (Å²) in [6.45, 7) is 5.70. The van der Waals surface area contributed by atoms with Crippen molar-refractivity contribution in [1.82, 2.24) is 15.6 Å². The van der Waals surface area contributed by atoms with Gasteiger partial charge in [-0.3, -0.25) is 9.98 Å². The van der Waals surface area contributed by atoms with Crippen molar-refractivity contribution in [2.75, 3.05) is 13.6 Å². The summed E-state index contributed by atoms with van der Waals surface area (Å²) in [5, 5.41) is 6.65. The van der Waals surface area contributed by atoms with E-state index in [1.807, 2.05) is 19.2 Å². The molecule has 0 spiro atoms. The molecule has 2 N–H and O–H groups in total. The van der Waals surface area contributed by atoms with Crippen LogP contribution in [0.5, 0.6) is 0 Å². The van der Waals surface area contributed by atoms with Gasteiger partial charge >= 0.3 is 0 Å². The fourth-order valence-electron chi connectivity index (χ4n) is 2.08. The van der Waals surface area contributed by atoms with Gasteiger partial charge in [-0.1, -0.05) is 35.9 Å². The molecular formula is C18H25IN4. The summed E-state index contributed by atoms with van der Waals surface area (Å²) in [7, 11) is 1.79. The molecule has 0 amide bonds. The maximum Gasteiger partial charge on any atom is 0.191 e. The van der Waals surface area contributed by atoms with Gasteiger partial charge in [0, 0.05) is 32.0 Å². The number of guanidine groups is 1. The standard InChI is InChI=1S/C18H24N4.HI/c1-14-4-7-16(8-5-14)13-22-18(19-3)20-11-10-17-9-6-15(2)21-12-17;/h4-9,12H,10-11,13H2,1-3H3,(H2,19,20,22);1H.